The summed E-state index contributed by atoms with van der Waals surface area (Å²) in [6, 6.07) is 1.77. The molecule has 0 saturated heterocycles. The Hall–Kier alpha value is -2.64. The van der Waals surface area contributed by atoms with Gasteiger partial charge in [0, 0.05) is 11.6 Å². The molecule has 8 nitrogen and oxygen atoms in total. The smallest absolute Gasteiger partial charge is 0.426 e. The zero-order valence-corrected chi connectivity index (χ0v) is 15.5. The summed E-state index contributed by atoms with van der Waals surface area (Å²) in [5.74, 6) is -0.106. The molecular formula is C18H24N4O4. The van der Waals surface area contributed by atoms with Crippen LogP contribution < -0.4 is 10.9 Å². The van der Waals surface area contributed by atoms with Crippen LogP contribution in [-0.4, -0.2) is 28.7 Å². The lowest BCUT2D eigenvalue weighted by atomic mass is 9.89. The van der Waals surface area contributed by atoms with Crippen LogP contribution in [0.15, 0.2) is 10.6 Å². The number of fused-ring (bicyclic) bond motifs is 1. The third-order valence-corrected chi connectivity index (χ3v) is 4.03. The minimum Gasteiger partial charge on any atom is -0.449 e. The minimum atomic E-state index is -0.714. The van der Waals surface area contributed by atoms with Gasteiger partial charge in [-0.1, -0.05) is 25.9 Å². The molecule has 0 atom stereocenters. The van der Waals surface area contributed by atoms with Crippen LogP contribution in [0.2, 0.25) is 0 Å². The molecule has 0 aromatic carbocycles. The average Bonchev–Trinajstić information content (AvgIpc) is 3.34. The number of nitrogens with one attached hydrogen (secondary N) is 2. The van der Waals surface area contributed by atoms with Crippen molar-refractivity contribution in [3.63, 3.8) is 0 Å². The predicted octanol–water partition coefficient (Wildman–Crippen LogP) is 3.08. The van der Waals surface area contributed by atoms with E-state index >= 15 is 0 Å². The molecule has 26 heavy (non-hydrogen) atoms. The fourth-order valence-corrected chi connectivity index (χ4v) is 2.76. The van der Waals surface area contributed by atoms with E-state index in [2.05, 4.69) is 41.8 Å². The summed E-state index contributed by atoms with van der Waals surface area (Å²) in [7, 11) is 0. The second-order valence-electron chi connectivity index (χ2n) is 7.72. The van der Waals surface area contributed by atoms with E-state index in [1.165, 1.54) is 0 Å². The Bertz CT molecular complexity index is 834. The van der Waals surface area contributed by atoms with Crippen LogP contribution in [0.5, 0.6) is 0 Å². The van der Waals surface area contributed by atoms with E-state index in [-0.39, 0.29) is 12.0 Å². The zero-order chi connectivity index (χ0) is 18.9. The highest BCUT2D eigenvalue weighted by Crippen LogP contribution is 2.40. The van der Waals surface area contributed by atoms with Crippen LogP contribution in [0, 0.1) is 5.41 Å². The summed E-state index contributed by atoms with van der Waals surface area (Å²) in [5.41, 5.74) is 6.84. The Balaban J connectivity index is 1.95. The van der Waals surface area contributed by atoms with Crippen LogP contribution in [0.25, 0.3) is 11.1 Å². The van der Waals surface area contributed by atoms with Gasteiger partial charge in [-0.25, -0.2) is 15.2 Å². The van der Waals surface area contributed by atoms with E-state index in [0.717, 1.165) is 18.5 Å². The van der Waals surface area contributed by atoms with Crippen molar-refractivity contribution in [2.45, 2.75) is 52.9 Å². The fraction of sp³-hybridized carbons (Fsp3) is 0.556. The number of carbonyl (C=O) groups excluding carboxylic acids is 2. The van der Waals surface area contributed by atoms with Crippen molar-refractivity contribution in [1.29, 1.82) is 0 Å². The van der Waals surface area contributed by atoms with E-state index in [1.807, 2.05) is 0 Å². The van der Waals surface area contributed by atoms with Gasteiger partial charge in [-0.05, 0) is 37.7 Å². The van der Waals surface area contributed by atoms with Crippen LogP contribution >= 0.6 is 0 Å². The normalized spacial score (nSPS) is 14.3. The average molecular weight is 360 g/mol. The lowest BCUT2D eigenvalue weighted by molar-refractivity contribution is 0.0914. The monoisotopic (exact) mass is 360 g/mol. The Morgan fingerprint density at radius 3 is 2.65 bits per heavy atom. The molecule has 1 aliphatic rings. The molecule has 0 aliphatic heterocycles. The number of ether oxygens (including phenoxy) is 1. The highest BCUT2D eigenvalue weighted by molar-refractivity contribution is 6.06. The van der Waals surface area contributed by atoms with E-state index in [9.17, 15) is 9.59 Å². The maximum atomic E-state index is 12.7. The number of nitrogens with zero attached hydrogens (tertiary/aromatic N) is 2. The molecule has 0 radical (unpaired) electrons. The molecule has 140 valence electrons. The van der Waals surface area contributed by atoms with Gasteiger partial charge in [0.15, 0.2) is 0 Å². The summed E-state index contributed by atoms with van der Waals surface area (Å²) in [6.07, 6.45) is 2.01. The van der Waals surface area contributed by atoms with Crippen LogP contribution in [0.1, 0.15) is 68.2 Å². The summed E-state index contributed by atoms with van der Waals surface area (Å²) in [5, 5.41) is 4.73. The second-order valence-corrected chi connectivity index (χ2v) is 7.72. The molecule has 2 heterocycles. The number of hydrazine groups is 1. The lowest BCUT2D eigenvalue weighted by Crippen LogP contribution is -2.42. The first-order valence-electron chi connectivity index (χ1n) is 8.81. The molecule has 2 aromatic rings. The first-order valence-corrected chi connectivity index (χ1v) is 8.81. The number of hydrogen-bond donors (Lipinski definition) is 2. The minimum absolute atomic E-state index is 0.0319. The number of carbonyl (C=O) groups is 2. The fourth-order valence-electron chi connectivity index (χ4n) is 2.76. The standard InChI is InChI=1S/C18H24N4O4/c1-5-25-17(24)21-20-15(23)11-8-12(10-6-7-10)19-16-14(11)13(22-26-16)9-18(2,3)4/h8,10H,5-7,9H2,1-4H3,(H,20,23)(H,21,24). The molecule has 1 fully saturated rings. The third kappa shape index (κ3) is 4.12. The Morgan fingerprint density at radius 1 is 1.31 bits per heavy atom. The number of hydrogen-bond acceptors (Lipinski definition) is 6. The summed E-state index contributed by atoms with van der Waals surface area (Å²) in [6.45, 7) is 8.16. The van der Waals surface area contributed by atoms with Crippen molar-refractivity contribution in [2.24, 2.45) is 5.41 Å². The number of rotatable bonds is 4. The first kappa shape index (κ1) is 18.2. The Kier molecular flexibility index (Phi) is 4.84. The van der Waals surface area contributed by atoms with Gasteiger partial charge >= 0.3 is 6.09 Å². The molecule has 2 amide bonds. The van der Waals surface area contributed by atoms with Crippen molar-refractivity contribution >= 4 is 23.1 Å². The van der Waals surface area contributed by atoms with E-state index < -0.39 is 12.0 Å². The van der Waals surface area contributed by atoms with Crippen molar-refractivity contribution in [2.75, 3.05) is 6.61 Å². The summed E-state index contributed by atoms with van der Waals surface area (Å²) < 4.78 is 10.2. The maximum absolute atomic E-state index is 12.7. The van der Waals surface area contributed by atoms with Gasteiger partial charge in [0.25, 0.3) is 11.6 Å². The third-order valence-electron chi connectivity index (χ3n) is 4.03. The van der Waals surface area contributed by atoms with Crippen molar-refractivity contribution in [3.8, 4) is 0 Å². The van der Waals surface area contributed by atoms with Gasteiger partial charge in [0.2, 0.25) is 0 Å². The van der Waals surface area contributed by atoms with E-state index in [4.69, 9.17) is 9.26 Å². The van der Waals surface area contributed by atoms with Gasteiger partial charge in [-0.15, -0.1) is 0 Å². The van der Waals surface area contributed by atoms with Crippen LogP contribution in [-0.2, 0) is 11.2 Å². The van der Waals surface area contributed by atoms with Crippen molar-refractivity contribution < 1.29 is 18.8 Å². The van der Waals surface area contributed by atoms with Crippen molar-refractivity contribution in [3.05, 3.63) is 23.0 Å². The predicted molar refractivity (Wildman–Crippen MR) is 94.6 cm³/mol. The highest BCUT2D eigenvalue weighted by atomic mass is 16.6. The van der Waals surface area contributed by atoms with Gasteiger partial charge in [-0.3, -0.25) is 10.2 Å². The molecule has 0 spiro atoms. The zero-order valence-electron chi connectivity index (χ0n) is 15.5. The molecule has 8 heteroatoms. The number of amides is 2. The molecule has 2 aromatic heterocycles. The lowest BCUT2D eigenvalue weighted by Gasteiger charge is -2.16. The molecule has 2 N–H and O–H groups in total. The van der Waals surface area contributed by atoms with Crippen LogP contribution in [0.3, 0.4) is 0 Å². The number of pyridine rings is 1. The first-order chi connectivity index (χ1) is 12.3. The van der Waals surface area contributed by atoms with Gasteiger partial charge < -0.3 is 9.26 Å². The second kappa shape index (κ2) is 6.93. The van der Waals surface area contributed by atoms with Gasteiger partial charge in [-0.2, -0.15) is 0 Å². The molecule has 0 unspecified atom stereocenters. The molecular weight excluding hydrogens is 336 g/mol. The van der Waals surface area contributed by atoms with Crippen molar-refractivity contribution in [1.82, 2.24) is 21.0 Å². The molecule has 0 bridgehead atoms. The maximum Gasteiger partial charge on any atom is 0.426 e. The largest absolute Gasteiger partial charge is 0.449 e. The van der Waals surface area contributed by atoms with Gasteiger partial charge in [0.05, 0.1) is 23.3 Å². The van der Waals surface area contributed by atoms with E-state index in [0.29, 0.717) is 34.7 Å². The Morgan fingerprint density at radius 2 is 2.04 bits per heavy atom. The molecule has 3 rings (SSSR count). The van der Waals surface area contributed by atoms with Gasteiger partial charge in [0.1, 0.15) is 0 Å². The highest BCUT2D eigenvalue weighted by Gasteiger charge is 2.30. The molecule has 1 aliphatic carbocycles. The molecule has 1 saturated carbocycles. The Labute approximate surface area is 151 Å². The SMILES string of the molecule is CCOC(=O)NNC(=O)c1cc(C2CC2)nc2onc(CC(C)(C)C)c12. The summed E-state index contributed by atoms with van der Waals surface area (Å²) in [4.78, 5) is 28.7. The number of aromatic nitrogens is 2. The van der Waals surface area contributed by atoms with E-state index in [1.54, 1.807) is 13.0 Å². The topological polar surface area (TPSA) is 106 Å². The quantitative estimate of drug-likeness (QED) is 0.812. The summed E-state index contributed by atoms with van der Waals surface area (Å²) >= 11 is 0. The van der Waals surface area contributed by atoms with Crippen LogP contribution in [0.4, 0.5) is 4.79 Å².